The van der Waals surface area contributed by atoms with Gasteiger partial charge in [0.1, 0.15) is 5.00 Å². The van der Waals surface area contributed by atoms with Crippen molar-refractivity contribution in [2.75, 3.05) is 14.2 Å². The van der Waals surface area contributed by atoms with Gasteiger partial charge in [0, 0.05) is 17.6 Å². The molecule has 0 atom stereocenters. The standard InChI is InChI=1S/C25H25N3O5S/c1-32-20-12-17(19(28(30)31)13-21(20)33-2)15-27-25-23(18-10-6-7-11-22(18)34-25)24(29)26-14-16-8-4-3-5-9-16/h3-5,8-9,12-13,15H,6-7,10-11,14H2,1-2H3,(H,26,29). The number of carbonyl (C=O) groups excluding carboxylic acids is 1. The van der Waals surface area contributed by atoms with E-state index in [9.17, 15) is 14.9 Å². The minimum Gasteiger partial charge on any atom is -0.493 e. The van der Waals surface area contributed by atoms with E-state index < -0.39 is 4.92 Å². The molecule has 0 saturated heterocycles. The number of hydrogen-bond donors (Lipinski definition) is 1. The van der Waals surface area contributed by atoms with Gasteiger partial charge in [-0.1, -0.05) is 30.3 Å². The summed E-state index contributed by atoms with van der Waals surface area (Å²) in [6, 6.07) is 12.5. The zero-order chi connectivity index (χ0) is 24.1. The molecular weight excluding hydrogens is 454 g/mol. The summed E-state index contributed by atoms with van der Waals surface area (Å²) in [5.74, 6) is 0.442. The normalized spacial score (nSPS) is 12.9. The summed E-state index contributed by atoms with van der Waals surface area (Å²) in [5.41, 5.74) is 2.72. The molecule has 0 unspecified atom stereocenters. The van der Waals surface area contributed by atoms with Gasteiger partial charge in [-0.15, -0.1) is 11.3 Å². The molecule has 34 heavy (non-hydrogen) atoms. The van der Waals surface area contributed by atoms with Gasteiger partial charge < -0.3 is 14.8 Å². The van der Waals surface area contributed by atoms with E-state index in [1.165, 1.54) is 43.9 Å². The molecule has 4 rings (SSSR count). The van der Waals surface area contributed by atoms with Crippen molar-refractivity contribution >= 4 is 34.1 Å². The summed E-state index contributed by atoms with van der Waals surface area (Å²) in [6.45, 7) is 0.411. The van der Waals surface area contributed by atoms with Gasteiger partial charge in [0.15, 0.2) is 11.5 Å². The number of amides is 1. The molecule has 0 bridgehead atoms. The smallest absolute Gasteiger partial charge is 0.282 e. The molecule has 0 spiro atoms. The third-order valence-corrected chi connectivity index (χ3v) is 6.93. The summed E-state index contributed by atoms with van der Waals surface area (Å²) in [7, 11) is 2.89. The maximum atomic E-state index is 13.2. The molecule has 9 heteroatoms. The highest BCUT2D eigenvalue weighted by Gasteiger charge is 2.25. The highest BCUT2D eigenvalue weighted by Crippen LogP contribution is 2.40. The second-order valence-corrected chi connectivity index (χ2v) is 8.92. The lowest BCUT2D eigenvalue weighted by atomic mass is 9.95. The van der Waals surface area contributed by atoms with Crippen LogP contribution in [0.3, 0.4) is 0 Å². The van der Waals surface area contributed by atoms with Gasteiger partial charge in [0.25, 0.3) is 11.6 Å². The number of ether oxygens (including phenoxy) is 2. The van der Waals surface area contributed by atoms with Crippen LogP contribution in [0.25, 0.3) is 0 Å². The molecule has 1 aliphatic rings. The number of aryl methyl sites for hydroxylation is 1. The van der Waals surface area contributed by atoms with E-state index in [1.807, 2.05) is 30.3 Å². The fraction of sp³-hybridized carbons (Fsp3) is 0.280. The molecule has 1 aromatic heterocycles. The van der Waals surface area contributed by atoms with Crippen LogP contribution in [0.15, 0.2) is 47.5 Å². The summed E-state index contributed by atoms with van der Waals surface area (Å²) in [4.78, 5) is 30.1. The van der Waals surface area contributed by atoms with Crippen molar-refractivity contribution in [3.63, 3.8) is 0 Å². The van der Waals surface area contributed by atoms with Crippen LogP contribution in [-0.4, -0.2) is 31.3 Å². The molecule has 3 aromatic rings. The minimum atomic E-state index is -0.490. The first-order chi connectivity index (χ1) is 16.5. The Bertz CT molecular complexity index is 1240. The van der Waals surface area contributed by atoms with Crippen LogP contribution in [0, 0.1) is 10.1 Å². The van der Waals surface area contributed by atoms with Gasteiger partial charge >= 0.3 is 0 Å². The number of carbonyl (C=O) groups is 1. The fourth-order valence-electron chi connectivity index (χ4n) is 4.02. The maximum absolute atomic E-state index is 13.2. The Morgan fingerprint density at radius 1 is 1.15 bits per heavy atom. The Kier molecular flexibility index (Phi) is 7.22. The van der Waals surface area contributed by atoms with E-state index in [0.717, 1.165) is 41.7 Å². The Balaban J connectivity index is 1.69. The van der Waals surface area contributed by atoms with Gasteiger partial charge in [-0.2, -0.15) is 0 Å². The molecule has 1 N–H and O–H groups in total. The summed E-state index contributed by atoms with van der Waals surface area (Å²) < 4.78 is 10.5. The zero-order valence-electron chi connectivity index (χ0n) is 19.0. The number of aliphatic imine (C=N–C) groups is 1. The summed E-state index contributed by atoms with van der Waals surface area (Å²) in [5, 5.41) is 15.2. The van der Waals surface area contributed by atoms with Crippen LogP contribution in [0.4, 0.5) is 10.7 Å². The number of thiophene rings is 1. The number of benzene rings is 2. The monoisotopic (exact) mass is 479 g/mol. The fourth-order valence-corrected chi connectivity index (χ4v) is 5.25. The molecule has 0 fully saturated rings. The van der Waals surface area contributed by atoms with Crippen LogP contribution in [0.2, 0.25) is 0 Å². The summed E-state index contributed by atoms with van der Waals surface area (Å²) >= 11 is 1.48. The third kappa shape index (κ3) is 4.94. The number of nitrogens with one attached hydrogen (secondary N) is 1. The van der Waals surface area contributed by atoms with Crippen molar-refractivity contribution < 1.29 is 19.2 Å². The molecular formula is C25H25N3O5S. The predicted octanol–water partition coefficient (Wildman–Crippen LogP) is 5.23. The Morgan fingerprint density at radius 2 is 1.85 bits per heavy atom. The zero-order valence-corrected chi connectivity index (χ0v) is 19.8. The molecule has 0 radical (unpaired) electrons. The molecule has 1 aliphatic carbocycles. The first-order valence-electron chi connectivity index (χ1n) is 10.9. The number of hydrogen-bond acceptors (Lipinski definition) is 7. The second kappa shape index (κ2) is 10.5. The third-order valence-electron chi connectivity index (χ3n) is 5.73. The van der Waals surface area contributed by atoms with Crippen LogP contribution in [-0.2, 0) is 19.4 Å². The van der Waals surface area contributed by atoms with Crippen LogP contribution < -0.4 is 14.8 Å². The Morgan fingerprint density at radius 3 is 2.56 bits per heavy atom. The van der Waals surface area contributed by atoms with Crippen molar-refractivity contribution in [1.82, 2.24) is 5.32 Å². The number of rotatable bonds is 8. The van der Waals surface area contributed by atoms with Gasteiger partial charge in [-0.25, -0.2) is 4.99 Å². The molecule has 1 heterocycles. The SMILES string of the molecule is COc1cc(C=Nc2sc3c(c2C(=O)NCc2ccccc2)CCCC3)c([N+](=O)[O-])cc1OC. The number of nitrogens with zero attached hydrogens (tertiary/aromatic N) is 2. The lowest BCUT2D eigenvalue weighted by Gasteiger charge is -2.13. The van der Waals surface area contributed by atoms with Gasteiger partial charge in [0.2, 0.25) is 0 Å². The molecule has 0 saturated carbocycles. The lowest BCUT2D eigenvalue weighted by Crippen LogP contribution is -2.24. The Labute approximate surface area is 201 Å². The highest BCUT2D eigenvalue weighted by molar-refractivity contribution is 7.16. The van der Waals surface area contributed by atoms with E-state index in [4.69, 9.17) is 9.47 Å². The largest absolute Gasteiger partial charge is 0.493 e. The number of nitro groups is 1. The molecule has 176 valence electrons. The van der Waals surface area contributed by atoms with Gasteiger partial charge in [-0.3, -0.25) is 14.9 Å². The van der Waals surface area contributed by atoms with E-state index in [0.29, 0.717) is 22.9 Å². The quantitative estimate of drug-likeness (QED) is 0.271. The van der Waals surface area contributed by atoms with E-state index in [1.54, 1.807) is 0 Å². The topological polar surface area (TPSA) is 103 Å². The number of methoxy groups -OCH3 is 2. The van der Waals surface area contributed by atoms with E-state index in [-0.39, 0.29) is 22.9 Å². The molecule has 0 aliphatic heterocycles. The maximum Gasteiger partial charge on any atom is 0.282 e. The highest BCUT2D eigenvalue weighted by atomic mass is 32.1. The van der Waals surface area contributed by atoms with Gasteiger partial charge in [-0.05, 0) is 42.9 Å². The van der Waals surface area contributed by atoms with Crippen LogP contribution in [0.1, 0.15) is 44.8 Å². The first kappa shape index (κ1) is 23.4. The van der Waals surface area contributed by atoms with Gasteiger partial charge in [0.05, 0.1) is 36.3 Å². The summed E-state index contributed by atoms with van der Waals surface area (Å²) in [6.07, 6.45) is 5.25. The Hall–Kier alpha value is -3.72. The van der Waals surface area contributed by atoms with Crippen molar-refractivity contribution in [3.8, 4) is 11.5 Å². The molecule has 8 nitrogen and oxygen atoms in total. The van der Waals surface area contributed by atoms with Crippen molar-refractivity contribution in [1.29, 1.82) is 0 Å². The average molecular weight is 480 g/mol. The first-order valence-corrected chi connectivity index (χ1v) is 11.7. The molecule has 1 amide bonds. The predicted molar refractivity (Wildman–Crippen MR) is 132 cm³/mol. The van der Waals surface area contributed by atoms with Crippen molar-refractivity contribution in [2.24, 2.45) is 4.99 Å². The molecule has 2 aromatic carbocycles. The lowest BCUT2D eigenvalue weighted by molar-refractivity contribution is -0.385. The number of nitro benzene ring substituents is 1. The average Bonchev–Trinajstić information content (AvgIpc) is 3.24. The van der Waals surface area contributed by atoms with Crippen molar-refractivity contribution in [3.05, 3.63) is 79.7 Å². The van der Waals surface area contributed by atoms with E-state index >= 15 is 0 Å². The minimum absolute atomic E-state index is 0.155. The van der Waals surface area contributed by atoms with Crippen molar-refractivity contribution in [2.45, 2.75) is 32.2 Å². The second-order valence-electron chi connectivity index (χ2n) is 7.84. The van der Waals surface area contributed by atoms with Crippen LogP contribution >= 0.6 is 11.3 Å². The number of fused-ring (bicyclic) bond motifs is 1. The van der Waals surface area contributed by atoms with Crippen LogP contribution in [0.5, 0.6) is 11.5 Å². The van der Waals surface area contributed by atoms with E-state index in [2.05, 4.69) is 10.3 Å².